The summed E-state index contributed by atoms with van der Waals surface area (Å²) >= 11 is 5.81. The first kappa shape index (κ1) is 12.8. The van der Waals surface area contributed by atoms with Gasteiger partial charge in [0.1, 0.15) is 5.82 Å². The monoisotopic (exact) mass is 258 g/mol. The van der Waals surface area contributed by atoms with E-state index >= 15 is 0 Å². The second-order valence-corrected chi connectivity index (χ2v) is 4.97. The Morgan fingerprint density at radius 2 is 2.24 bits per heavy atom. The molecule has 1 N–H and O–H groups in total. The van der Waals surface area contributed by atoms with Crippen LogP contribution in [0.25, 0.3) is 0 Å². The highest BCUT2D eigenvalue weighted by molar-refractivity contribution is 6.30. The van der Waals surface area contributed by atoms with Crippen molar-refractivity contribution in [3.8, 4) is 0 Å². The molecule has 0 aromatic heterocycles. The number of hydrogen-bond donors (Lipinski definition) is 1. The van der Waals surface area contributed by atoms with E-state index in [1.165, 1.54) is 6.07 Å². The molecule has 0 aliphatic carbocycles. The van der Waals surface area contributed by atoms with Gasteiger partial charge in [-0.15, -0.1) is 0 Å². The van der Waals surface area contributed by atoms with Crippen LogP contribution in [-0.4, -0.2) is 24.9 Å². The minimum Gasteiger partial charge on any atom is -0.396 e. The van der Waals surface area contributed by atoms with Gasteiger partial charge in [-0.1, -0.05) is 31.0 Å². The van der Waals surface area contributed by atoms with Gasteiger partial charge in [0.05, 0.1) is 18.2 Å². The summed E-state index contributed by atoms with van der Waals surface area (Å²) in [6, 6.07) is 4.77. The van der Waals surface area contributed by atoms with Gasteiger partial charge in [0.15, 0.2) is 0 Å². The van der Waals surface area contributed by atoms with Crippen molar-refractivity contribution < 1.29 is 14.2 Å². The summed E-state index contributed by atoms with van der Waals surface area (Å²) in [4.78, 5) is 0. The van der Waals surface area contributed by atoms with Crippen molar-refractivity contribution >= 4 is 11.6 Å². The number of hydrogen-bond acceptors (Lipinski definition) is 2. The van der Waals surface area contributed by atoms with Crippen LogP contribution in [0, 0.1) is 11.7 Å². The predicted octanol–water partition coefficient (Wildman–Crippen LogP) is 2.77. The Labute approximate surface area is 105 Å². The molecule has 1 atom stereocenters. The van der Waals surface area contributed by atoms with E-state index in [0.29, 0.717) is 13.2 Å². The summed E-state index contributed by atoms with van der Waals surface area (Å²) in [6.07, 6.45) is 0.856. The molecule has 1 fully saturated rings. The molecule has 1 heterocycles. The van der Waals surface area contributed by atoms with Gasteiger partial charge in [-0.2, -0.15) is 0 Å². The fourth-order valence-electron chi connectivity index (χ4n) is 2.46. The van der Waals surface area contributed by atoms with Gasteiger partial charge in [-0.05, 0) is 23.6 Å². The average molecular weight is 259 g/mol. The molecule has 1 aliphatic heterocycles. The van der Waals surface area contributed by atoms with E-state index in [2.05, 4.69) is 0 Å². The van der Waals surface area contributed by atoms with Crippen molar-refractivity contribution in [1.29, 1.82) is 0 Å². The Bertz CT molecular complexity index is 400. The summed E-state index contributed by atoms with van der Waals surface area (Å²) in [5.74, 6) is -0.291. The quantitative estimate of drug-likeness (QED) is 0.900. The summed E-state index contributed by atoms with van der Waals surface area (Å²) in [7, 11) is 0. The highest BCUT2D eigenvalue weighted by Gasteiger charge is 2.46. The standard InChI is InChI=1S/C13H16ClFO2/c1-2-9(6-16)13(7-17-8-13)10-3-4-12(15)11(14)5-10/h3-5,9,16H,2,6-8H2,1H3. The number of ether oxygens (including phenoxy) is 1. The van der Waals surface area contributed by atoms with Gasteiger partial charge in [-0.3, -0.25) is 0 Å². The smallest absolute Gasteiger partial charge is 0.141 e. The molecule has 1 aromatic carbocycles. The first-order valence-corrected chi connectivity index (χ1v) is 6.16. The van der Waals surface area contributed by atoms with Crippen LogP contribution in [0.5, 0.6) is 0 Å². The molecular formula is C13H16ClFO2. The third kappa shape index (κ3) is 2.07. The minimum atomic E-state index is -0.414. The predicted molar refractivity (Wildman–Crippen MR) is 64.8 cm³/mol. The fourth-order valence-corrected chi connectivity index (χ4v) is 2.64. The van der Waals surface area contributed by atoms with E-state index in [1.807, 2.05) is 6.92 Å². The molecule has 2 rings (SSSR count). The highest BCUT2D eigenvalue weighted by atomic mass is 35.5. The van der Waals surface area contributed by atoms with Crippen LogP contribution in [0.2, 0.25) is 5.02 Å². The third-order valence-electron chi connectivity index (χ3n) is 3.71. The topological polar surface area (TPSA) is 29.5 Å². The van der Waals surface area contributed by atoms with Crippen molar-refractivity contribution in [3.63, 3.8) is 0 Å². The number of rotatable bonds is 4. The Morgan fingerprint density at radius 3 is 2.65 bits per heavy atom. The van der Waals surface area contributed by atoms with Crippen molar-refractivity contribution in [3.05, 3.63) is 34.6 Å². The van der Waals surface area contributed by atoms with Crippen LogP contribution in [0.3, 0.4) is 0 Å². The molecule has 0 amide bonds. The Kier molecular flexibility index (Phi) is 3.71. The number of aliphatic hydroxyl groups excluding tert-OH is 1. The molecular weight excluding hydrogens is 243 g/mol. The molecule has 0 saturated carbocycles. The van der Waals surface area contributed by atoms with E-state index in [9.17, 15) is 9.50 Å². The van der Waals surface area contributed by atoms with Gasteiger partial charge in [0.2, 0.25) is 0 Å². The normalized spacial score (nSPS) is 19.8. The number of halogens is 2. The maximum absolute atomic E-state index is 13.2. The summed E-state index contributed by atoms with van der Waals surface area (Å²) < 4.78 is 18.5. The highest BCUT2D eigenvalue weighted by Crippen LogP contribution is 2.41. The van der Waals surface area contributed by atoms with Gasteiger partial charge in [0.25, 0.3) is 0 Å². The van der Waals surface area contributed by atoms with Crippen LogP contribution in [-0.2, 0) is 10.2 Å². The molecule has 1 aromatic rings. The maximum atomic E-state index is 13.2. The van der Waals surface area contributed by atoms with Crippen LogP contribution in [0.15, 0.2) is 18.2 Å². The van der Waals surface area contributed by atoms with Gasteiger partial charge >= 0.3 is 0 Å². The minimum absolute atomic E-state index is 0.106. The van der Waals surface area contributed by atoms with E-state index < -0.39 is 5.82 Å². The van der Waals surface area contributed by atoms with E-state index in [-0.39, 0.29) is 23.0 Å². The lowest BCUT2D eigenvalue weighted by Crippen LogP contribution is -2.53. The second kappa shape index (κ2) is 4.92. The van der Waals surface area contributed by atoms with Crippen molar-refractivity contribution in [2.45, 2.75) is 18.8 Å². The molecule has 17 heavy (non-hydrogen) atoms. The molecule has 0 radical (unpaired) electrons. The molecule has 4 heteroatoms. The maximum Gasteiger partial charge on any atom is 0.141 e. The van der Waals surface area contributed by atoms with Crippen molar-refractivity contribution in [2.75, 3.05) is 19.8 Å². The fraction of sp³-hybridized carbons (Fsp3) is 0.538. The molecule has 2 nitrogen and oxygen atoms in total. The summed E-state index contributed by atoms with van der Waals surface area (Å²) in [6.45, 7) is 3.27. The van der Waals surface area contributed by atoms with Gasteiger partial charge in [0, 0.05) is 12.0 Å². The zero-order valence-electron chi connectivity index (χ0n) is 9.75. The van der Waals surface area contributed by atoms with Crippen LogP contribution < -0.4 is 0 Å². The molecule has 0 spiro atoms. The zero-order valence-corrected chi connectivity index (χ0v) is 10.5. The zero-order chi connectivity index (χ0) is 12.5. The lowest BCUT2D eigenvalue weighted by molar-refractivity contribution is -0.101. The van der Waals surface area contributed by atoms with Crippen molar-refractivity contribution in [2.24, 2.45) is 5.92 Å². The number of benzene rings is 1. The summed E-state index contributed by atoms with van der Waals surface area (Å²) in [5.41, 5.74) is 0.747. The molecule has 1 aliphatic rings. The molecule has 94 valence electrons. The Hall–Kier alpha value is -0.640. The van der Waals surface area contributed by atoms with Crippen molar-refractivity contribution in [1.82, 2.24) is 0 Å². The van der Waals surface area contributed by atoms with E-state index in [4.69, 9.17) is 16.3 Å². The first-order chi connectivity index (χ1) is 8.14. The SMILES string of the molecule is CCC(CO)C1(c2ccc(F)c(Cl)c2)COC1. The summed E-state index contributed by atoms with van der Waals surface area (Å²) in [5, 5.41) is 9.58. The Morgan fingerprint density at radius 1 is 1.53 bits per heavy atom. The van der Waals surface area contributed by atoms with Gasteiger partial charge in [-0.25, -0.2) is 4.39 Å². The van der Waals surface area contributed by atoms with E-state index in [0.717, 1.165) is 12.0 Å². The van der Waals surface area contributed by atoms with Crippen LogP contribution >= 0.6 is 11.6 Å². The third-order valence-corrected chi connectivity index (χ3v) is 4.00. The largest absolute Gasteiger partial charge is 0.396 e. The number of aliphatic hydroxyl groups is 1. The Balaban J connectivity index is 2.37. The molecule has 1 saturated heterocycles. The van der Waals surface area contributed by atoms with Crippen LogP contribution in [0.4, 0.5) is 4.39 Å². The molecule has 1 unspecified atom stereocenters. The molecule has 0 bridgehead atoms. The average Bonchev–Trinajstić information content (AvgIpc) is 2.27. The van der Waals surface area contributed by atoms with E-state index in [1.54, 1.807) is 12.1 Å². The van der Waals surface area contributed by atoms with Gasteiger partial charge < -0.3 is 9.84 Å². The lowest BCUT2D eigenvalue weighted by Gasteiger charge is -2.47. The second-order valence-electron chi connectivity index (χ2n) is 4.57. The first-order valence-electron chi connectivity index (χ1n) is 5.78. The van der Waals surface area contributed by atoms with Crippen LogP contribution in [0.1, 0.15) is 18.9 Å². The lowest BCUT2D eigenvalue weighted by atomic mass is 9.68.